The van der Waals surface area contributed by atoms with Crippen LogP contribution in [0, 0.1) is 0 Å². The van der Waals surface area contributed by atoms with Gasteiger partial charge in [0.05, 0.1) is 31.5 Å². The molecule has 5 rings (SSSR count). The molecular weight excluding hydrogens is 675 g/mol. The van der Waals surface area contributed by atoms with Crippen LogP contribution < -0.4 is 19.5 Å². The molecule has 0 aromatic heterocycles. The molecule has 14 heteroatoms. The van der Waals surface area contributed by atoms with Gasteiger partial charge < -0.3 is 29.4 Å². The number of carbonyl (C=O) groups is 1. The van der Waals surface area contributed by atoms with Gasteiger partial charge in [0.15, 0.2) is 21.5 Å². The fourth-order valence-corrected chi connectivity index (χ4v) is 7.16. The number of nitrogens with one attached hydrogen (secondary N) is 1. The summed E-state index contributed by atoms with van der Waals surface area (Å²) < 4.78 is 50.4. The lowest BCUT2D eigenvalue weighted by Gasteiger charge is -2.31. The number of aliphatic imine (C=N–C) groups is 1. The summed E-state index contributed by atoms with van der Waals surface area (Å²) in [4.78, 5) is 22.6. The fraction of sp³-hybridized carbons (Fsp3) is 0.297. The zero-order valence-corrected chi connectivity index (χ0v) is 29.1. The first-order valence-corrected chi connectivity index (χ1v) is 17.9. The Hall–Kier alpha value is -5.56. The first-order valence-electron chi connectivity index (χ1n) is 16.3. The molecule has 1 amide bonds. The maximum atomic E-state index is 14.6. The highest BCUT2D eigenvalue weighted by atomic mass is 32.2. The molecule has 13 nitrogen and oxygen atoms in total. The third-order valence-electron chi connectivity index (χ3n) is 8.42. The van der Waals surface area contributed by atoms with Crippen molar-refractivity contribution in [2.45, 2.75) is 35.8 Å². The number of methoxy groups -OCH3 is 2. The molecule has 2 N–H and O–H groups in total. The molecule has 0 saturated carbocycles. The van der Waals surface area contributed by atoms with E-state index in [9.17, 15) is 18.7 Å². The Kier molecular flexibility index (Phi) is 12.2. The highest BCUT2D eigenvalue weighted by Crippen LogP contribution is 2.46. The van der Waals surface area contributed by atoms with Crippen molar-refractivity contribution in [2.75, 3.05) is 39.7 Å². The minimum absolute atomic E-state index is 0.00133. The standard InChI is InChI=1S/C37H39N5O8S/c1-47-29-17-18-33(48-2)27(25-29)19-21-39-36(44)37(20-24-51(45,46)30-9-4-3-5-10-30)34(31-11-6-7-12-32(31)41-42-38)50-35(40-37)26-13-15-28(16-14-26)49-23-8-22-43/h3-7,9-18,25,34,43H,8,19-24H2,1-2H3,(H,39,44)/t34-,37-/m1/s1. The topological polar surface area (TPSA) is 182 Å². The molecule has 0 aliphatic carbocycles. The van der Waals surface area contributed by atoms with Crippen LogP contribution in [0.5, 0.6) is 17.2 Å². The van der Waals surface area contributed by atoms with Gasteiger partial charge in [-0.15, -0.1) is 0 Å². The van der Waals surface area contributed by atoms with Crippen LogP contribution in [0.3, 0.4) is 0 Å². The molecule has 0 spiro atoms. The minimum atomic E-state index is -3.88. The smallest absolute Gasteiger partial charge is 0.252 e. The second-order valence-electron chi connectivity index (χ2n) is 11.6. The molecule has 2 atom stereocenters. The molecular formula is C37H39N5O8S. The number of benzene rings is 4. The van der Waals surface area contributed by atoms with Gasteiger partial charge in [0.25, 0.3) is 5.91 Å². The summed E-state index contributed by atoms with van der Waals surface area (Å²) in [6.07, 6.45) is -0.607. The van der Waals surface area contributed by atoms with E-state index in [1.807, 2.05) is 6.07 Å². The van der Waals surface area contributed by atoms with Gasteiger partial charge in [-0.3, -0.25) is 4.79 Å². The van der Waals surface area contributed by atoms with E-state index in [0.29, 0.717) is 47.8 Å². The van der Waals surface area contributed by atoms with Crippen molar-refractivity contribution in [3.8, 4) is 17.2 Å². The van der Waals surface area contributed by atoms with Crippen molar-refractivity contribution in [3.05, 3.63) is 124 Å². The van der Waals surface area contributed by atoms with Crippen LogP contribution in [0.2, 0.25) is 0 Å². The number of hydrogen-bond acceptors (Lipinski definition) is 10. The van der Waals surface area contributed by atoms with Crippen LogP contribution in [-0.4, -0.2) is 70.6 Å². The third-order valence-corrected chi connectivity index (χ3v) is 10.2. The zero-order chi connectivity index (χ0) is 36.3. The molecule has 0 saturated heterocycles. The molecule has 0 unspecified atom stereocenters. The average Bonchev–Trinajstić information content (AvgIpc) is 3.56. The van der Waals surface area contributed by atoms with Gasteiger partial charge in [0.2, 0.25) is 5.90 Å². The molecule has 0 fully saturated rings. The molecule has 4 aromatic rings. The summed E-state index contributed by atoms with van der Waals surface area (Å²) in [6.45, 7) is 0.468. The summed E-state index contributed by atoms with van der Waals surface area (Å²) in [5.74, 6) is 0.876. The van der Waals surface area contributed by atoms with Gasteiger partial charge in [-0.05, 0) is 72.1 Å². The lowest BCUT2D eigenvalue weighted by Crippen LogP contribution is -2.49. The van der Waals surface area contributed by atoms with Gasteiger partial charge >= 0.3 is 0 Å². The zero-order valence-electron chi connectivity index (χ0n) is 28.3. The summed E-state index contributed by atoms with van der Waals surface area (Å²) in [6, 6.07) is 26.9. The number of azide groups is 1. The maximum Gasteiger partial charge on any atom is 0.252 e. The van der Waals surface area contributed by atoms with Crippen molar-refractivity contribution in [2.24, 2.45) is 10.1 Å². The van der Waals surface area contributed by atoms with Crippen LogP contribution >= 0.6 is 0 Å². The monoisotopic (exact) mass is 713 g/mol. The predicted octanol–water partition coefficient (Wildman–Crippen LogP) is 5.89. The summed E-state index contributed by atoms with van der Waals surface area (Å²) >= 11 is 0. The van der Waals surface area contributed by atoms with Gasteiger partial charge in [-0.1, -0.05) is 47.6 Å². The first-order chi connectivity index (χ1) is 24.7. The first kappa shape index (κ1) is 36.7. The Labute approximate surface area is 296 Å². The number of sulfone groups is 1. The van der Waals surface area contributed by atoms with Gasteiger partial charge in [0, 0.05) is 47.7 Å². The second kappa shape index (κ2) is 16.9. The van der Waals surface area contributed by atoms with E-state index in [1.54, 1.807) is 93.1 Å². The van der Waals surface area contributed by atoms with E-state index < -0.39 is 33.1 Å². The number of hydrogen-bond donors (Lipinski definition) is 2. The normalized spacial score (nSPS) is 16.7. The van der Waals surface area contributed by atoms with E-state index in [-0.39, 0.29) is 36.1 Å². The van der Waals surface area contributed by atoms with Gasteiger partial charge in [-0.2, -0.15) is 0 Å². The number of amides is 1. The summed E-state index contributed by atoms with van der Waals surface area (Å²) in [7, 11) is -0.765. The summed E-state index contributed by atoms with van der Waals surface area (Å²) in [5, 5.41) is 15.9. The molecule has 51 heavy (non-hydrogen) atoms. The summed E-state index contributed by atoms with van der Waals surface area (Å²) in [5.41, 5.74) is 9.44. The van der Waals surface area contributed by atoms with Crippen molar-refractivity contribution in [3.63, 3.8) is 0 Å². The SMILES string of the molecule is COc1ccc(OC)c(CCNC(=O)[C@]2(CCS(=O)(=O)c3ccccc3)N=C(c3ccc(OCCCO)cc3)O[C@@H]2c2ccccc2N=[N+]=[N-])c1. The van der Waals surface area contributed by atoms with E-state index in [2.05, 4.69) is 15.3 Å². The van der Waals surface area contributed by atoms with Crippen molar-refractivity contribution in [1.82, 2.24) is 5.32 Å². The van der Waals surface area contributed by atoms with E-state index in [0.717, 1.165) is 5.56 Å². The molecule has 4 aromatic carbocycles. The number of nitrogens with zero attached hydrogens (tertiary/aromatic N) is 4. The van der Waals surface area contributed by atoms with Crippen molar-refractivity contribution >= 4 is 27.3 Å². The Morgan fingerprint density at radius 1 is 1.00 bits per heavy atom. The molecule has 0 radical (unpaired) electrons. The number of rotatable bonds is 17. The molecule has 0 bridgehead atoms. The Morgan fingerprint density at radius 3 is 2.43 bits per heavy atom. The number of carbonyl (C=O) groups excluding carboxylic acids is 1. The molecule has 266 valence electrons. The molecule has 1 aliphatic heterocycles. The average molecular weight is 714 g/mol. The van der Waals surface area contributed by atoms with Crippen LogP contribution in [-0.2, 0) is 25.8 Å². The van der Waals surface area contributed by atoms with Crippen LogP contribution in [0.15, 0.2) is 112 Å². The second-order valence-corrected chi connectivity index (χ2v) is 13.7. The van der Waals surface area contributed by atoms with Crippen molar-refractivity contribution in [1.29, 1.82) is 0 Å². The van der Waals surface area contributed by atoms with Crippen molar-refractivity contribution < 1.29 is 37.3 Å². The molecule has 1 aliphatic rings. The third kappa shape index (κ3) is 8.61. The van der Waals surface area contributed by atoms with E-state index >= 15 is 0 Å². The Morgan fingerprint density at radius 2 is 1.73 bits per heavy atom. The number of aliphatic hydroxyl groups is 1. The lowest BCUT2D eigenvalue weighted by atomic mass is 9.84. The number of ether oxygens (including phenoxy) is 4. The lowest BCUT2D eigenvalue weighted by molar-refractivity contribution is -0.129. The van der Waals surface area contributed by atoms with Crippen LogP contribution in [0.25, 0.3) is 10.4 Å². The highest BCUT2D eigenvalue weighted by molar-refractivity contribution is 7.91. The van der Waals surface area contributed by atoms with Crippen LogP contribution in [0.4, 0.5) is 5.69 Å². The predicted molar refractivity (Wildman–Crippen MR) is 191 cm³/mol. The van der Waals surface area contributed by atoms with E-state index in [1.165, 1.54) is 12.1 Å². The van der Waals surface area contributed by atoms with Gasteiger partial charge in [-0.25, -0.2) is 13.4 Å². The highest BCUT2D eigenvalue weighted by Gasteiger charge is 2.54. The Balaban J connectivity index is 1.57. The fourth-order valence-electron chi connectivity index (χ4n) is 5.77. The quantitative estimate of drug-likeness (QED) is 0.0588. The van der Waals surface area contributed by atoms with E-state index in [4.69, 9.17) is 29.0 Å². The van der Waals surface area contributed by atoms with Gasteiger partial charge in [0.1, 0.15) is 17.2 Å². The Bertz CT molecular complexity index is 2000. The maximum absolute atomic E-state index is 14.6. The largest absolute Gasteiger partial charge is 0.497 e. The minimum Gasteiger partial charge on any atom is -0.497 e. The van der Waals surface area contributed by atoms with Crippen LogP contribution in [0.1, 0.15) is 35.6 Å². The number of aliphatic hydroxyl groups excluding tert-OH is 1. The molecule has 1 heterocycles.